The molecule has 1 aromatic rings. The first kappa shape index (κ1) is 20.4. The number of carbonyl (C=O) groups excluding carboxylic acids is 2. The molecule has 2 atom stereocenters. The SMILES string of the molecule is COc1ccc(C(=O)ON=C2CC3(C(=O)NC(C)C)CCC2(C)C3(C)C)cc1. The number of nitrogens with zero attached hydrogens (tertiary/aromatic N) is 1. The average molecular weight is 386 g/mol. The molecule has 2 fully saturated rings. The standard InChI is InChI=1S/C22H30N2O4/c1-14(2)23-19(26)22-12-11-21(5,20(22,3)4)17(13-22)24-28-18(25)15-7-9-16(27-6)10-8-15/h7-10,14H,11-13H2,1-6H3,(H,23,26). The molecule has 0 saturated heterocycles. The molecule has 1 amide bonds. The maximum absolute atomic E-state index is 13.1. The third-order valence-electron chi connectivity index (χ3n) is 7.15. The number of fused-ring (bicyclic) bond motifs is 2. The number of ether oxygens (including phenoxy) is 1. The van der Waals surface area contributed by atoms with E-state index in [2.05, 4.69) is 31.2 Å². The molecule has 3 rings (SSSR count). The monoisotopic (exact) mass is 386 g/mol. The number of rotatable bonds is 5. The fraction of sp³-hybridized carbons (Fsp3) is 0.591. The summed E-state index contributed by atoms with van der Waals surface area (Å²) in [5, 5.41) is 7.34. The highest BCUT2D eigenvalue weighted by molar-refractivity contribution is 6.02. The first-order valence-electron chi connectivity index (χ1n) is 9.81. The summed E-state index contributed by atoms with van der Waals surface area (Å²) in [7, 11) is 1.57. The Morgan fingerprint density at radius 2 is 1.75 bits per heavy atom. The molecule has 2 aliphatic rings. The van der Waals surface area contributed by atoms with Crippen molar-refractivity contribution in [2.24, 2.45) is 21.4 Å². The van der Waals surface area contributed by atoms with Crippen molar-refractivity contribution in [2.75, 3.05) is 7.11 Å². The molecule has 6 heteroatoms. The summed E-state index contributed by atoms with van der Waals surface area (Å²) in [4.78, 5) is 30.7. The van der Waals surface area contributed by atoms with Crippen LogP contribution in [0, 0.1) is 16.2 Å². The lowest BCUT2D eigenvalue weighted by atomic mass is 9.64. The third-order valence-corrected chi connectivity index (χ3v) is 7.15. The zero-order chi connectivity index (χ0) is 20.7. The summed E-state index contributed by atoms with van der Waals surface area (Å²) < 4.78 is 5.10. The Balaban J connectivity index is 1.83. The molecule has 1 aromatic carbocycles. The van der Waals surface area contributed by atoms with Crippen molar-refractivity contribution in [3.8, 4) is 5.75 Å². The Bertz CT molecular complexity index is 812. The number of hydrogen-bond donors (Lipinski definition) is 1. The van der Waals surface area contributed by atoms with E-state index in [1.807, 2.05) is 13.8 Å². The van der Waals surface area contributed by atoms with E-state index in [9.17, 15) is 9.59 Å². The van der Waals surface area contributed by atoms with Crippen LogP contribution in [0.3, 0.4) is 0 Å². The van der Waals surface area contributed by atoms with Crippen LogP contribution in [0.4, 0.5) is 0 Å². The summed E-state index contributed by atoms with van der Waals surface area (Å²) in [5.41, 5.74) is 0.137. The number of oxime groups is 1. The van der Waals surface area contributed by atoms with Gasteiger partial charge in [-0.25, -0.2) is 4.79 Å². The van der Waals surface area contributed by atoms with Crippen LogP contribution in [-0.4, -0.2) is 30.7 Å². The predicted octanol–water partition coefficient (Wildman–Crippen LogP) is 3.95. The van der Waals surface area contributed by atoms with Crippen LogP contribution in [0.25, 0.3) is 0 Å². The fourth-order valence-electron chi connectivity index (χ4n) is 4.80. The molecule has 0 spiro atoms. The maximum atomic E-state index is 13.1. The van der Waals surface area contributed by atoms with Crippen molar-refractivity contribution in [1.29, 1.82) is 0 Å². The highest BCUT2D eigenvalue weighted by Crippen LogP contribution is 2.71. The van der Waals surface area contributed by atoms with E-state index in [1.54, 1.807) is 31.4 Å². The Morgan fingerprint density at radius 3 is 2.32 bits per heavy atom. The largest absolute Gasteiger partial charge is 0.497 e. The van der Waals surface area contributed by atoms with Crippen LogP contribution < -0.4 is 10.1 Å². The van der Waals surface area contributed by atoms with Crippen LogP contribution in [0.5, 0.6) is 5.75 Å². The summed E-state index contributed by atoms with van der Waals surface area (Å²) in [6, 6.07) is 6.78. The molecule has 0 aliphatic heterocycles. The lowest BCUT2D eigenvalue weighted by Crippen LogP contribution is -2.48. The van der Waals surface area contributed by atoms with Crippen molar-refractivity contribution in [3.63, 3.8) is 0 Å². The Hall–Kier alpha value is -2.37. The van der Waals surface area contributed by atoms with E-state index in [0.29, 0.717) is 17.7 Å². The number of carbonyl (C=O) groups is 2. The van der Waals surface area contributed by atoms with Gasteiger partial charge in [0.2, 0.25) is 5.91 Å². The number of hydrogen-bond acceptors (Lipinski definition) is 5. The molecular formula is C22H30N2O4. The smallest absolute Gasteiger partial charge is 0.365 e. The van der Waals surface area contributed by atoms with Gasteiger partial charge in [0.15, 0.2) is 0 Å². The number of amides is 1. The second-order valence-corrected chi connectivity index (χ2v) is 8.99. The van der Waals surface area contributed by atoms with Crippen LogP contribution in [0.2, 0.25) is 0 Å². The van der Waals surface area contributed by atoms with Crippen LogP contribution in [0.15, 0.2) is 29.4 Å². The molecule has 28 heavy (non-hydrogen) atoms. The van der Waals surface area contributed by atoms with Crippen molar-refractivity contribution in [2.45, 2.75) is 59.9 Å². The topological polar surface area (TPSA) is 77.0 Å². The van der Waals surface area contributed by atoms with Crippen molar-refractivity contribution >= 4 is 17.6 Å². The van der Waals surface area contributed by atoms with Gasteiger partial charge in [0.1, 0.15) is 5.75 Å². The summed E-state index contributed by atoms with van der Waals surface area (Å²) in [5.74, 6) is 0.228. The van der Waals surface area contributed by atoms with E-state index < -0.39 is 11.4 Å². The van der Waals surface area contributed by atoms with Gasteiger partial charge in [0, 0.05) is 17.9 Å². The van der Waals surface area contributed by atoms with Crippen LogP contribution in [0.1, 0.15) is 64.2 Å². The number of benzene rings is 1. The number of nitrogens with one attached hydrogen (secondary N) is 1. The lowest BCUT2D eigenvalue weighted by Gasteiger charge is -2.39. The Morgan fingerprint density at radius 1 is 1.11 bits per heavy atom. The van der Waals surface area contributed by atoms with Gasteiger partial charge < -0.3 is 14.9 Å². The first-order chi connectivity index (χ1) is 13.1. The van der Waals surface area contributed by atoms with Crippen molar-refractivity contribution in [1.82, 2.24) is 5.32 Å². The second-order valence-electron chi connectivity index (χ2n) is 8.99. The minimum atomic E-state index is -0.516. The van der Waals surface area contributed by atoms with Crippen LogP contribution >= 0.6 is 0 Å². The summed E-state index contributed by atoms with van der Waals surface area (Å²) in [6.07, 6.45) is 2.19. The Kier molecular flexibility index (Phi) is 5.02. The summed E-state index contributed by atoms with van der Waals surface area (Å²) >= 11 is 0. The van der Waals surface area contributed by atoms with Gasteiger partial charge in [-0.1, -0.05) is 25.9 Å². The zero-order valence-electron chi connectivity index (χ0n) is 17.6. The van der Waals surface area contributed by atoms with Crippen molar-refractivity contribution < 1.29 is 19.2 Å². The second kappa shape index (κ2) is 6.90. The molecule has 1 N–H and O–H groups in total. The summed E-state index contributed by atoms with van der Waals surface area (Å²) in [6.45, 7) is 10.3. The van der Waals surface area contributed by atoms with Crippen molar-refractivity contribution in [3.05, 3.63) is 29.8 Å². The maximum Gasteiger partial charge on any atom is 0.365 e. The zero-order valence-corrected chi connectivity index (χ0v) is 17.6. The average Bonchev–Trinajstić information content (AvgIpc) is 2.96. The van der Waals surface area contributed by atoms with Gasteiger partial charge >= 0.3 is 5.97 Å². The van der Waals surface area contributed by atoms with Gasteiger partial charge in [0.05, 0.1) is 23.8 Å². The highest BCUT2D eigenvalue weighted by atomic mass is 16.7. The quantitative estimate of drug-likeness (QED) is 0.614. The van der Waals surface area contributed by atoms with E-state index in [4.69, 9.17) is 9.57 Å². The van der Waals surface area contributed by atoms with Gasteiger partial charge in [-0.3, -0.25) is 4.79 Å². The minimum absolute atomic E-state index is 0.0721. The predicted molar refractivity (Wildman–Crippen MR) is 107 cm³/mol. The fourth-order valence-corrected chi connectivity index (χ4v) is 4.80. The minimum Gasteiger partial charge on any atom is -0.497 e. The van der Waals surface area contributed by atoms with E-state index >= 15 is 0 Å². The molecule has 0 heterocycles. The number of methoxy groups -OCH3 is 1. The van der Waals surface area contributed by atoms with Gasteiger partial charge in [-0.2, -0.15) is 0 Å². The van der Waals surface area contributed by atoms with Crippen LogP contribution in [-0.2, 0) is 9.63 Å². The van der Waals surface area contributed by atoms with E-state index in [1.165, 1.54) is 0 Å². The normalized spacial score (nSPS) is 29.2. The molecular weight excluding hydrogens is 356 g/mol. The molecule has 2 aliphatic carbocycles. The molecule has 152 valence electrons. The van der Waals surface area contributed by atoms with Gasteiger partial charge in [0.25, 0.3) is 0 Å². The van der Waals surface area contributed by atoms with Gasteiger partial charge in [-0.05, 0) is 56.4 Å². The third kappa shape index (κ3) is 2.90. The molecule has 0 aromatic heterocycles. The van der Waals surface area contributed by atoms with E-state index in [0.717, 1.165) is 18.6 Å². The Labute approximate surface area is 166 Å². The highest BCUT2D eigenvalue weighted by Gasteiger charge is 2.71. The lowest BCUT2D eigenvalue weighted by molar-refractivity contribution is -0.136. The first-order valence-corrected chi connectivity index (χ1v) is 9.81. The molecule has 2 bridgehead atoms. The molecule has 2 unspecified atom stereocenters. The molecule has 2 saturated carbocycles. The van der Waals surface area contributed by atoms with Gasteiger partial charge in [-0.15, -0.1) is 0 Å². The molecule has 0 radical (unpaired) electrons. The molecule has 6 nitrogen and oxygen atoms in total. The van der Waals surface area contributed by atoms with E-state index in [-0.39, 0.29) is 22.8 Å².